The molecule has 2 saturated heterocycles. The zero-order valence-electron chi connectivity index (χ0n) is 21.0. The summed E-state index contributed by atoms with van der Waals surface area (Å²) in [5.41, 5.74) is 0.592. The molecule has 0 radical (unpaired) electrons. The van der Waals surface area contributed by atoms with Crippen molar-refractivity contribution in [1.82, 2.24) is 0 Å². The number of fused-ring (bicyclic) bond motifs is 1. The van der Waals surface area contributed by atoms with Crippen LogP contribution in [0.5, 0.6) is 11.5 Å². The van der Waals surface area contributed by atoms with Gasteiger partial charge >= 0.3 is 5.97 Å². The zero-order chi connectivity index (χ0) is 27.1. The number of nitro groups is 1. The van der Waals surface area contributed by atoms with Crippen LogP contribution in [-0.4, -0.2) is 42.3 Å². The molecular formula is C27H27N3O8. The predicted octanol–water partition coefficient (Wildman–Crippen LogP) is 3.49. The normalized spacial score (nSPS) is 24.9. The van der Waals surface area contributed by atoms with Gasteiger partial charge in [-0.2, -0.15) is 0 Å². The quantitative estimate of drug-likeness (QED) is 0.185. The van der Waals surface area contributed by atoms with Crippen molar-refractivity contribution in [2.75, 3.05) is 23.5 Å². The summed E-state index contributed by atoms with van der Waals surface area (Å²) in [5.74, 6) is -1.82. The summed E-state index contributed by atoms with van der Waals surface area (Å²) in [7, 11) is 1.34. The summed E-state index contributed by atoms with van der Waals surface area (Å²) >= 11 is 0. The van der Waals surface area contributed by atoms with Gasteiger partial charge in [-0.15, -0.1) is 0 Å². The molecule has 2 aliphatic heterocycles. The van der Waals surface area contributed by atoms with Crippen LogP contribution >= 0.6 is 0 Å². The number of amides is 3. The molecule has 1 saturated carbocycles. The van der Waals surface area contributed by atoms with E-state index in [1.54, 1.807) is 12.1 Å². The van der Waals surface area contributed by atoms with Crippen LogP contribution in [0, 0.1) is 33.8 Å². The lowest BCUT2D eigenvalue weighted by atomic mass is 9.76. The minimum absolute atomic E-state index is 0.0297. The van der Waals surface area contributed by atoms with Crippen LogP contribution in [0.4, 0.5) is 17.1 Å². The molecule has 11 nitrogen and oxygen atoms in total. The second kappa shape index (κ2) is 9.88. The first-order valence-electron chi connectivity index (χ1n) is 12.5. The Kier molecular flexibility index (Phi) is 6.60. The molecule has 1 aliphatic carbocycles. The monoisotopic (exact) mass is 521 g/mol. The van der Waals surface area contributed by atoms with Crippen LogP contribution in [0.1, 0.15) is 32.6 Å². The van der Waals surface area contributed by atoms with E-state index >= 15 is 0 Å². The van der Waals surface area contributed by atoms with Crippen molar-refractivity contribution in [2.24, 2.45) is 23.7 Å². The third-order valence-electron chi connectivity index (χ3n) is 7.62. The van der Waals surface area contributed by atoms with Crippen molar-refractivity contribution < 1.29 is 33.6 Å². The van der Waals surface area contributed by atoms with E-state index in [0.717, 1.165) is 6.42 Å². The number of rotatable bonds is 6. The lowest BCUT2D eigenvalue weighted by Gasteiger charge is -2.25. The van der Waals surface area contributed by atoms with Crippen LogP contribution in [0.2, 0.25) is 0 Å². The number of nitrogens with zero attached hydrogens (tertiary/aromatic N) is 3. The molecular weight excluding hydrogens is 494 g/mol. The fourth-order valence-electron chi connectivity index (χ4n) is 5.61. The van der Waals surface area contributed by atoms with Crippen molar-refractivity contribution >= 4 is 40.8 Å². The third kappa shape index (κ3) is 4.48. The van der Waals surface area contributed by atoms with E-state index in [1.807, 2.05) is 0 Å². The lowest BCUT2D eigenvalue weighted by Crippen LogP contribution is -2.30. The zero-order valence-corrected chi connectivity index (χ0v) is 21.0. The Bertz CT molecular complexity index is 1320. The number of carbonyl (C=O) groups excluding carboxylic acids is 4. The van der Waals surface area contributed by atoms with Gasteiger partial charge in [0.15, 0.2) is 0 Å². The van der Waals surface area contributed by atoms with Gasteiger partial charge in [-0.05, 0) is 55.5 Å². The molecule has 11 heteroatoms. The average molecular weight is 522 g/mol. The molecule has 198 valence electrons. The summed E-state index contributed by atoms with van der Waals surface area (Å²) in [5, 5.41) is 11.1. The highest BCUT2D eigenvalue weighted by Gasteiger charge is 2.50. The minimum atomic E-state index is -0.756. The van der Waals surface area contributed by atoms with Crippen LogP contribution in [0.25, 0.3) is 0 Å². The van der Waals surface area contributed by atoms with Crippen molar-refractivity contribution in [3.05, 3.63) is 52.6 Å². The number of benzene rings is 2. The Morgan fingerprint density at radius 2 is 1.74 bits per heavy atom. The van der Waals surface area contributed by atoms with E-state index in [-0.39, 0.29) is 59.7 Å². The summed E-state index contributed by atoms with van der Waals surface area (Å²) in [6.07, 6.45) is 2.27. The second-order valence-electron chi connectivity index (χ2n) is 10.1. The summed E-state index contributed by atoms with van der Waals surface area (Å²) in [6.45, 7) is 2.13. The summed E-state index contributed by atoms with van der Waals surface area (Å²) in [4.78, 5) is 64.4. The van der Waals surface area contributed by atoms with Gasteiger partial charge in [-0.3, -0.25) is 34.2 Å². The number of ether oxygens (including phenoxy) is 2. The van der Waals surface area contributed by atoms with E-state index in [4.69, 9.17) is 9.47 Å². The number of hydrogen-bond donors (Lipinski definition) is 0. The van der Waals surface area contributed by atoms with Crippen molar-refractivity contribution in [1.29, 1.82) is 0 Å². The third-order valence-corrected chi connectivity index (χ3v) is 7.62. The molecule has 0 N–H and O–H groups in total. The molecule has 5 rings (SSSR count). The smallest absolute Gasteiger partial charge is 0.316 e. The number of carbonyl (C=O) groups is 4. The molecule has 0 unspecified atom stereocenters. The number of anilines is 2. The number of methoxy groups -OCH3 is 1. The van der Waals surface area contributed by atoms with Gasteiger partial charge in [0.25, 0.3) is 5.69 Å². The molecule has 2 aromatic carbocycles. The Morgan fingerprint density at radius 3 is 2.42 bits per heavy atom. The lowest BCUT2D eigenvalue weighted by molar-refractivity contribution is -0.384. The fraction of sp³-hybridized carbons (Fsp3) is 0.407. The first-order chi connectivity index (χ1) is 18.2. The van der Waals surface area contributed by atoms with Gasteiger partial charge in [0.1, 0.15) is 11.5 Å². The van der Waals surface area contributed by atoms with E-state index in [9.17, 15) is 29.3 Å². The van der Waals surface area contributed by atoms with E-state index in [2.05, 4.69) is 6.92 Å². The number of imide groups is 1. The van der Waals surface area contributed by atoms with Gasteiger partial charge in [0.2, 0.25) is 17.7 Å². The first kappa shape index (κ1) is 25.4. The SMILES string of the molecule is COc1cc([N+](=O)[O-])ccc1N1C[C@H](C(=O)Oc2ccc(N3C(=O)[C@H]4C[C@@H](C)CC[C@H]4C3=O)cc2)CC1=O. The number of hydrogen-bond acceptors (Lipinski definition) is 8. The second-order valence-corrected chi connectivity index (χ2v) is 10.1. The number of esters is 1. The van der Waals surface area contributed by atoms with Gasteiger partial charge in [-0.1, -0.05) is 6.92 Å². The van der Waals surface area contributed by atoms with Crippen LogP contribution in [-0.2, 0) is 19.2 Å². The molecule has 3 amide bonds. The maximum atomic E-state index is 12.9. The van der Waals surface area contributed by atoms with Crippen molar-refractivity contribution in [3.63, 3.8) is 0 Å². The molecule has 38 heavy (non-hydrogen) atoms. The standard InChI is InChI=1S/C27H27N3O8/c1-15-3-9-20-21(11-15)26(33)29(25(20)32)17-4-7-19(8-5-17)38-27(34)16-12-24(31)28(14-16)22-10-6-18(30(35)36)13-23(22)37-2/h4-8,10,13,15-16,20-21H,3,9,11-12,14H2,1-2H3/t15-,16+,20+,21-/m0/s1. The van der Waals surface area contributed by atoms with Gasteiger partial charge < -0.3 is 14.4 Å². The summed E-state index contributed by atoms with van der Waals surface area (Å²) in [6, 6.07) is 10.1. The topological polar surface area (TPSA) is 136 Å². The van der Waals surface area contributed by atoms with Crippen molar-refractivity contribution in [3.8, 4) is 11.5 Å². The highest BCUT2D eigenvalue weighted by molar-refractivity contribution is 6.22. The van der Waals surface area contributed by atoms with Crippen molar-refractivity contribution in [2.45, 2.75) is 32.6 Å². The van der Waals surface area contributed by atoms with E-state index in [0.29, 0.717) is 30.1 Å². The maximum Gasteiger partial charge on any atom is 0.316 e. The van der Waals surface area contributed by atoms with Gasteiger partial charge in [0, 0.05) is 19.0 Å². The maximum absolute atomic E-state index is 12.9. The Labute approximate surface area is 218 Å². The number of nitro benzene ring substituents is 1. The highest BCUT2D eigenvalue weighted by atomic mass is 16.6. The van der Waals surface area contributed by atoms with Gasteiger partial charge in [0.05, 0.1) is 47.2 Å². The first-order valence-corrected chi connectivity index (χ1v) is 12.5. The van der Waals surface area contributed by atoms with Crippen LogP contribution < -0.4 is 19.3 Å². The molecule has 0 spiro atoms. The Hall–Kier alpha value is -4.28. The highest BCUT2D eigenvalue weighted by Crippen LogP contribution is 2.42. The molecule has 0 aromatic heterocycles. The molecule has 4 atom stereocenters. The van der Waals surface area contributed by atoms with Crippen LogP contribution in [0.15, 0.2) is 42.5 Å². The van der Waals surface area contributed by atoms with E-state index in [1.165, 1.54) is 47.2 Å². The fourth-order valence-corrected chi connectivity index (χ4v) is 5.61. The largest absolute Gasteiger partial charge is 0.494 e. The number of non-ortho nitro benzene ring substituents is 1. The molecule has 2 heterocycles. The Morgan fingerprint density at radius 1 is 1.03 bits per heavy atom. The minimum Gasteiger partial charge on any atom is -0.494 e. The Balaban J connectivity index is 1.25. The molecule has 3 aliphatic rings. The average Bonchev–Trinajstić information content (AvgIpc) is 3.40. The predicted molar refractivity (Wildman–Crippen MR) is 135 cm³/mol. The molecule has 3 fully saturated rings. The van der Waals surface area contributed by atoms with Gasteiger partial charge in [-0.25, -0.2) is 0 Å². The molecule has 0 bridgehead atoms. The molecule has 2 aromatic rings. The van der Waals surface area contributed by atoms with E-state index < -0.39 is 16.8 Å². The summed E-state index contributed by atoms with van der Waals surface area (Å²) < 4.78 is 10.7. The van der Waals surface area contributed by atoms with Crippen LogP contribution in [0.3, 0.4) is 0 Å².